The highest BCUT2D eigenvalue weighted by molar-refractivity contribution is 5.27. The Morgan fingerprint density at radius 3 is 3.06 bits per heavy atom. The van der Waals surface area contributed by atoms with Crippen LogP contribution in [-0.2, 0) is 0 Å². The molecule has 5 nitrogen and oxygen atoms in total. The Balaban J connectivity index is 1.81. The molecule has 0 aromatic carbocycles. The molecule has 0 aliphatic heterocycles. The molecular formula is C11H17N3O2. The first-order valence-corrected chi connectivity index (χ1v) is 5.65. The summed E-state index contributed by atoms with van der Waals surface area (Å²) >= 11 is 0. The van der Waals surface area contributed by atoms with Crippen molar-refractivity contribution in [3.05, 3.63) is 12.3 Å². The van der Waals surface area contributed by atoms with Crippen molar-refractivity contribution in [1.29, 1.82) is 0 Å². The van der Waals surface area contributed by atoms with Crippen molar-refractivity contribution >= 4 is 5.95 Å². The van der Waals surface area contributed by atoms with Crippen molar-refractivity contribution in [2.45, 2.75) is 25.9 Å². The zero-order chi connectivity index (χ0) is 11.4. The van der Waals surface area contributed by atoms with E-state index in [2.05, 4.69) is 15.3 Å². The molecule has 0 saturated heterocycles. The second kappa shape index (κ2) is 5.12. The number of aliphatic hydroxyl groups excluding tert-OH is 1. The van der Waals surface area contributed by atoms with Crippen LogP contribution in [0.2, 0.25) is 0 Å². The van der Waals surface area contributed by atoms with Crippen LogP contribution in [0.25, 0.3) is 0 Å². The van der Waals surface area contributed by atoms with Crippen LogP contribution < -0.4 is 10.1 Å². The van der Waals surface area contributed by atoms with Crippen molar-refractivity contribution in [1.82, 2.24) is 9.97 Å². The zero-order valence-electron chi connectivity index (χ0n) is 9.39. The van der Waals surface area contributed by atoms with E-state index in [9.17, 15) is 0 Å². The number of ether oxygens (including phenoxy) is 1. The standard InChI is InChI=1S/C11H17N3O2/c1-2-16-10-3-4-12-11(14-10)13-7-8-5-9(15)6-8/h3-4,8-9,15H,2,5-7H2,1H3,(H,12,13,14). The molecule has 1 aliphatic rings. The predicted octanol–water partition coefficient (Wildman–Crippen LogP) is 1.06. The Morgan fingerprint density at radius 2 is 2.38 bits per heavy atom. The summed E-state index contributed by atoms with van der Waals surface area (Å²) in [5, 5.41) is 12.3. The van der Waals surface area contributed by atoms with E-state index in [1.54, 1.807) is 12.3 Å². The van der Waals surface area contributed by atoms with Gasteiger partial charge in [0.25, 0.3) is 0 Å². The highest BCUT2D eigenvalue weighted by Crippen LogP contribution is 2.26. The summed E-state index contributed by atoms with van der Waals surface area (Å²) in [6, 6.07) is 1.74. The van der Waals surface area contributed by atoms with E-state index in [-0.39, 0.29) is 6.10 Å². The number of rotatable bonds is 5. The van der Waals surface area contributed by atoms with Crippen LogP contribution in [0.4, 0.5) is 5.95 Å². The summed E-state index contributed by atoms with van der Waals surface area (Å²) in [7, 11) is 0. The smallest absolute Gasteiger partial charge is 0.225 e. The number of hydrogen-bond acceptors (Lipinski definition) is 5. The minimum atomic E-state index is -0.109. The van der Waals surface area contributed by atoms with Crippen LogP contribution in [0.3, 0.4) is 0 Å². The Morgan fingerprint density at radius 1 is 1.56 bits per heavy atom. The molecule has 16 heavy (non-hydrogen) atoms. The number of anilines is 1. The molecule has 2 N–H and O–H groups in total. The van der Waals surface area contributed by atoms with E-state index in [1.807, 2.05) is 6.92 Å². The summed E-state index contributed by atoms with van der Waals surface area (Å²) in [6.07, 6.45) is 3.31. The zero-order valence-corrected chi connectivity index (χ0v) is 9.39. The molecule has 1 aliphatic carbocycles. The van der Waals surface area contributed by atoms with Gasteiger partial charge >= 0.3 is 0 Å². The van der Waals surface area contributed by atoms with Crippen molar-refractivity contribution < 1.29 is 9.84 Å². The lowest BCUT2D eigenvalue weighted by Crippen LogP contribution is -2.33. The summed E-state index contributed by atoms with van der Waals surface area (Å²) in [4.78, 5) is 8.31. The molecule has 0 atom stereocenters. The van der Waals surface area contributed by atoms with Gasteiger partial charge in [0, 0.05) is 18.8 Å². The van der Waals surface area contributed by atoms with Gasteiger partial charge in [0.15, 0.2) is 0 Å². The van der Waals surface area contributed by atoms with E-state index in [4.69, 9.17) is 9.84 Å². The molecule has 88 valence electrons. The normalized spacial score (nSPS) is 23.6. The van der Waals surface area contributed by atoms with Crippen LogP contribution in [0, 0.1) is 5.92 Å². The van der Waals surface area contributed by atoms with Gasteiger partial charge in [-0.1, -0.05) is 0 Å². The molecule has 5 heteroatoms. The highest BCUT2D eigenvalue weighted by Gasteiger charge is 2.26. The fourth-order valence-electron chi connectivity index (χ4n) is 1.76. The number of nitrogens with zero attached hydrogens (tertiary/aromatic N) is 2. The summed E-state index contributed by atoms with van der Waals surface area (Å²) in [5.41, 5.74) is 0. The topological polar surface area (TPSA) is 67.3 Å². The fourth-order valence-corrected chi connectivity index (χ4v) is 1.76. The molecule has 0 radical (unpaired) electrons. The quantitative estimate of drug-likeness (QED) is 0.781. The SMILES string of the molecule is CCOc1ccnc(NCC2CC(O)C2)n1. The number of aliphatic hydroxyl groups is 1. The molecule has 1 aromatic rings. The van der Waals surface area contributed by atoms with Crippen molar-refractivity contribution in [3.63, 3.8) is 0 Å². The van der Waals surface area contributed by atoms with Gasteiger partial charge in [-0.25, -0.2) is 4.98 Å². The van der Waals surface area contributed by atoms with Crippen LogP contribution in [0.15, 0.2) is 12.3 Å². The first kappa shape index (κ1) is 11.1. The Labute approximate surface area is 94.9 Å². The summed E-state index contributed by atoms with van der Waals surface area (Å²) in [6.45, 7) is 3.34. The van der Waals surface area contributed by atoms with Gasteiger partial charge in [-0.05, 0) is 25.7 Å². The Kier molecular flexibility index (Phi) is 3.56. The predicted molar refractivity (Wildman–Crippen MR) is 60.4 cm³/mol. The molecule has 1 saturated carbocycles. The first-order chi connectivity index (χ1) is 7.78. The van der Waals surface area contributed by atoms with E-state index < -0.39 is 0 Å². The monoisotopic (exact) mass is 223 g/mol. The Hall–Kier alpha value is -1.36. The van der Waals surface area contributed by atoms with Crippen LogP contribution in [0.1, 0.15) is 19.8 Å². The first-order valence-electron chi connectivity index (χ1n) is 5.65. The van der Waals surface area contributed by atoms with Crippen molar-refractivity contribution in [2.75, 3.05) is 18.5 Å². The third kappa shape index (κ3) is 2.82. The second-order valence-electron chi connectivity index (χ2n) is 4.02. The maximum Gasteiger partial charge on any atom is 0.225 e. The van der Waals surface area contributed by atoms with E-state index in [0.717, 1.165) is 19.4 Å². The van der Waals surface area contributed by atoms with Gasteiger partial charge in [0.1, 0.15) is 0 Å². The lowest BCUT2D eigenvalue weighted by molar-refractivity contribution is 0.0486. The van der Waals surface area contributed by atoms with Gasteiger partial charge in [0.05, 0.1) is 12.7 Å². The third-order valence-electron chi connectivity index (χ3n) is 2.68. The molecule has 0 spiro atoms. The molecule has 1 heterocycles. The molecule has 0 unspecified atom stereocenters. The van der Waals surface area contributed by atoms with Gasteiger partial charge in [-0.15, -0.1) is 0 Å². The number of aromatic nitrogens is 2. The van der Waals surface area contributed by atoms with Crippen LogP contribution in [-0.4, -0.2) is 34.3 Å². The second-order valence-corrected chi connectivity index (χ2v) is 4.02. The fraction of sp³-hybridized carbons (Fsp3) is 0.636. The molecular weight excluding hydrogens is 206 g/mol. The highest BCUT2D eigenvalue weighted by atomic mass is 16.5. The largest absolute Gasteiger partial charge is 0.478 e. The van der Waals surface area contributed by atoms with Crippen LogP contribution in [0.5, 0.6) is 5.88 Å². The van der Waals surface area contributed by atoms with Gasteiger partial charge in [0.2, 0.25) is 11.8 Å². The number of nitrogens with one attached hydrogen (secondary N) is 1. The Bertz CT molecular complexity index is 340. The molecule has 1 aromatic heterocycles. The molecule has 2 rings (SSSR count). The van der Waals surface area contributed by atoms with Gasteiger partial charge in [-0.3, -0.25) is 0 Å². The van der Waals surface area contributed by atoms with Crippen molar-refractivity contribution in [2.24, 2.45) is 5.92 Å². The summed E-state index contributed by atoms with van der Waals surface area (Å²) in [5.74, 6) is 1.72. The summed E-state index contributed by atoms with van der Waals surface area (Å²) < 4.78 is 5.28. The molecule has 0 bridgehead atoms. The molecule has 0 amide bonds. The number of hydrogen-bond donors (Lipinski definition) is 2. The average molecular weight is 223 g/mol. The third-order valence-corrected chi connectivity index (χ3v) is 2.68. The minimum absolute atomic E-state index is 0.109. The lowest BCUT2D eigenvalue weighted by Gasteiger charge is -2.31. The maximum absolute atomic E-state index is 9.15. The molecule has 1 fully saturated rings. The van der Waals surface area contributed by atoms with E-state index >= 15 is 0 Å². The van der Waals surface area contributed by atoms with Crippen molar-refractivity contribution in [3.8, 4) is 5.88 Å². The minimum Gasteiger partial charge on any atom is -0.478 e. The van der Waals surface area contributed by atoms with E-state index in [0.29, 0.717) is 24.4 Å². The van der Waals surface area contributed by atoms with Crippen LogP contribution >= 0.6 is 0 Å². The lowest BCUT2D eigenvalue weighted by atomic mass is 9.82. The van der Waals surface area contributed by atoms with E-state index in [1.165, 1.54) is 0 Å². The average Bonchev–Trinajstić information content (AvgIpc) is 2.24. The van der Waals surface area contributed by atoms with Gasteiger partial charge < -0.3 is 15.2 Å². The van der Waals surface area contributed by atoms with Gasteiger partial charge in [-0.2, -0.15) is 4.98 Å². The maximum atomic E-state index is 9.15.